The highest BCUT2D eigenvalue weighted by Crippen LogP contribution is 2.25. The van der Waals surface area contributed by atoms with Crippen molar-refractivity contribution in [2.75, 3.05) is 19.6 Å². The topological polar surface area (TPSA) is 77.2 Å². The largest absolute Gasteiger partial charge is 0.361 e. The molecule has 6 nitrogen and oxygen atoms in total. The lowest BCUT2D eigenvalue weighted by atomic mass is 10.0. The molecule has 2 aromatic carbocycles. The van der Waals surface area contributed by atoms with Gasteiger partial charge in [-0.2, -0.15) is 0 Å². The molecule has 3 N–H and O–H groups in total. The molecule has 0 saturated carbocycles. The van der Waals surface area contributed by atoms with Crippen molar-refractivity contribution in [3.63, 3.8) is 0 Å². The molecule has 0 bridgehead atoms. The number of thiophene rings is 1. The van der Waals surface area contributed by atoms with Gasteiger partial charge in [-0.05, 0) is 54.6 Å². The lowest BCUT2D eigenvalue weighted by Gasteiger charge is -2.29. The van der Waals surface area contributed by atoms with E-state index in [1.807, 2.05) is 60.1 Å². The van der Waals surface area contributed by atoms with E-state index in [0.29, 0.717) is 17.8 Å². The number of amides is 2. The number of nitrogens with one attached hydrogen (secondary N) is 3. The van der Waals surface area contributed by atoms with Crippen LogP contribution in [0.15, 0.2) is 78.3 Å². The first-order chi connectivity index (χ1) is 17.2. The zero-order chi connectivity index (χ0) is 24.0. The minimum Gasteiger partial charge on any atom is -0.361 e. The van der Waals surface area contributed by atoms with Crippen molar-refractivity contribution in [3.8, 4) is 0 Å². The van der Waals surface area contributed by atoms with Crippen molar-refractivity contribution in [2.45, 2.75) is 31.3 Å². The van der Waals surface area contributed by atoms with E-state index in [-0.39, 0.29) is 17.9 Å². The van der Waals surface area contributed by atoms with E-state index < -0.39 is 6.04 Å². The van der Waals surface area contributed by atoms with Crippen molar-refractivity contribution >= 4 is 34.1 Å². The molecule has 0 aliphatic carbocycles. The SMILES string of the molecule is O=C(N[C@@H](Cc1c[nH]c2ccccc12)C(=O)NC[C@@H](c1ccccc1)N1CCCC1)c1cccs1. The van der Waals surface area contributed by atoms with Crippen LogP contribution in [-0.4, -0.2) is 47.4 Å². The van der Waals surface area contributed by atoms with Gasteiger partial charge in [0.25, 0.3) is 5.91 Å². The fraction of sp³-hybridized carbons (Fsp3) is 0.286. The van der Waals surface area contributed by atoms with E-state index in [9.17, 15) is 9.59 Å². The number of carbonyl (C=O) groups is 2. The van der Waals surface area contributed by atoms with Gasteiger partial charge in [0.2, 0.25) is 5.91 Å². The number of aromatic amines is 1. The monoisotopic (exact) mass is 486 g/mol. The number of aromatic nitrogens is 1. The molecule has 0 unspecified atom stereocenters. The minimum atomic E-state index is -0.682. The number of hydrogen-bond donors (Lipinski definition) is 3. The van der Waals surface area contributed by atoms with Gasteiger partial charge in [-0.15, -0.1) is 11.3 Å². The van der Waals surface area contributed by atoms with Crippen LogP contribution in [-0.2, 0) is 11.2 Å². The van der Waals surface area contributed by atoms with E-state index in [1.165, 1.54) is 29.7 Å². The summed E-state index contributed by atoms with van der Waals surface area (Å²) in [7, 11) is 0. The molecule has 2 atom stereocenters. The van der Waals surface area contributed by atoms with Crippen molar-refractivity contribution < 1.29 is 9.59 Å². The molecule has 180 valence electrons. The summed E-state index contributed by atoms with van der Waals surface area (Å²) in [6.07, 6.45) is 4.70. The molecule has 2 aromatic heterocycles. The Morgan fingerprint density at radius 2 is 1.74 bits per heavy atom. The van der Waals surface area contributed by atoms with Crippen molar-refractivity contribution in [1.82, 2.24) is 20.5 Å². The Morgan fingerprint density at radius 3 is 2.51 bits per heavy atom. The summed E-state index contributed by atoms with van der Waals surface area (Å²) < 4.78 is 0. The molecular weight excluding hydrogens is 456 g/mol. The minimum absolute atomic E-state index is 0.115. The maximum Gasteiger partial charge on any atom is 0.262 e. The van der Waals surface area contributed by atoms with Crippen LogP contribution >= 0.6 is 11.3 Å². The maximum absolute atomic E-state index is 13.5. The lowest BCUT2D eigenvalue weighted by Crippen LogP contribution is -2.49. The first kappa shape index (κ1) is 23.3. The highest BCUT2D eigenvalue weighted by Gasteiger charge is 2.27. The van der Waals surface area contributed by atoms with E-state index in [1.54, 1.807) is 6.07 Å². The fourth-order valence-corrected chi connectivity index (χ4v) is 5.50. The lowest BCUT2D eigenvalue weighted by molar-refractivity contribution is -0.123. The standard InChI is InChI=1S/C28H30N4O2S/c33-27(30-19-25(32-14-6-7-15-32)20-9-2-1-3-10-20)24(31-28(34)26-13-8-16-35-26)17-21-18-29-23-12-5-4-11-22(21)23/h1-5,8-13,16,18,24-25,29H,6-7,14-15,17,19H2,(H,30,33)(H,31,34)/t24-,25-/m0/s1. The Balaban J connectivity index is 1.34. The van der Waals surface area contributed by atoms with E-state index in [0.717, 1.165) is 29.6 Å². The van der Waals surface area contributed by atoms with Crippen LogP contribution in [0, 0.1) is 0 Å². The zero-order valence-corrected chi connectivity index (χ0v) is 20.4. The number of carbonyl (C=O) groups excluding carboxylic acids is 2. The Hall–Kier alpha value is -3.42. The highest BCUT2D eigenvalue weighted by molar-refractivity contribution is 7.12. The van der Waals surface area contributed by atoms with E-state index in [4.69, 9.17) is 0 Å². The maximum atomic E-state index is 13.5. The number of rotatable bonds is 9. The summed E-state index contributed by atoms with van der Waals surface area (Å²) in [6.45, 7) is 2.56. The van der Waals surface area contributed by atoms with Gasteiger partial charge < -0.3 is 15.6 Å². The quantitative estimate of drug-likeness (QED) is 0.325. The Bertz CT molecular complexity index is 1260. The summed E-state index contributed by atoms with van der Waals surface area (Å²) in [4.78, 5) is 32.7. The molecule has 1 fully saturated rings. The van der Waals surface area contributed by atoms with Crippen LogP contribution in [0.4, 0.5) is 0 Å². The number of H-pyrrole nitrogens is 1. The predicted molar refractivity (Wildman–Crippen MR) is 141 cm³/mol. The molecule has 0 radical (unpaired) electrons. The molecular formula is C28H30N4O2S. The van der Waals surface area contributed by atoms with E-state index >= 15 is 0 Å². The van der Waals surface area contributed by atoms with Crippen molar-refractivity contribution in [1.29, 1.82) is 0 Å². The molecule has 5 rings (SSSR count). The second-order valence-corrected chi connectivity index (χ2v) is 9.93. The first-order valence-corrected chi connectivity index (χ1v) is 13.0. The van der Waals surface area contributed by atoms with Gasteiger partial charge in [-0.1, -0.05) is 54.6 Å². The smallest absolute Gasteiger partial charge is 0.262 e. The summed E-state index contributed by atoms with van der Waals surface area (Å²) in [5, 5.41) is 9.08. The normalized spacial score (nSPS) is 15.7. The average Bonchev–Trinajstić information content (AvgIpc) is 3.67. The Labute approximate surface area is 209 Å². The number of nitrogens with zero attached hydrogens (tertiary/aromatic N) is 1. The molecule has 1 saturated heterocycles. The summed E-state index contributed by atoms with van der Waals surface area (Å²) >= 11 is 1.37. The van der Waals surface area contributed by atoms with Crippen LogP contribution in [0.5, 0.6) is 0 Å². The van der Waals surface area contributed by atoms with Gasteiger partial charge in [0.05, 0.1) is 10.9 Å². The van der Waals surface area contributed by atoms with Crippen molar-refractivity contribution in [2.24, 2.45) is 0 Å². The van der Waals surface area contributed by atoms with Gasteiger partial charge in [-0.25, -0.2) is 0 Å². The number of para-hydroxylation sites is 1. The molecule has 1 aliphatic heterocycles. The first-order valence-electron chi connectivity index (χ1n) is 12.1. The molecule has 7 heteroatoms. The average molecular weight is 487 g/mol. The third kappa shape index (κ3) is 5.47. The van der Waals surface area contributed by atoms with Gasteiger partial charge >= 0.3 is 0 Å². The molecule has 1 aliphatic rings. The number of benzene rings is 2. The molecule has 3 heterocycles. The number of fused-ring (bicyclic) bond motifs is 1. The second-order valence-electron chi connectivity index (χ2n) is 8.98. The van der Waals surface area contributed by atoms with Crippen LogP contribution in [0.1, 0.15) is 39.7 Å². The van der Waals surface area contributed by atoms with Gasteiger partial charge in [0.15, 0.2) is 0 Å². The Kier molecular flexibility index (Phi) is 7.25. The summed E-state index contributed by atoms with van der Waals surface area (Å²) in [5.41, 5.74) is 3.22. The predicted octanol–water partition coefficient (Wildman–Crippen LogP) is 4.52. The van der Waals surface area contributed by atoms with Gasteiger partial charge in [0, 0.05) is 30.1 Å². The van der Waals surface area contributed by atoms with E-state index in [2.05, 4.69) is 32.7 Å². The molecule has 0 spiro atoms. The molecule has 2 amide bonds. The Morgan fingerprint density at radius 1 is 0.971 bits per heavy atom. The molecule has 4 aromatic rings. The number of hydrogen-bond acceptors (Lipinski definition) is 4. The van der Waals surface area contributed by atoms with Crippen molar-refractivity contribution in [3.05, 3.63) is 94.3 Å². The van der Waals surface area contributed by atoms with Crippen LogP contribution < -0.4 is 10.6 Å². The van der Waals surface area contributed by atoms with Crippen LogP contribution in [0.2, 0.25) is 0 Å². The van der Waals surface area contributed by atoms with Gasteiger partial charge in [-0.3, -0.25) is 14.5 Å². The van der Waals surface area contributed by atoms with Gasteiger partial charge in [0.1, 0.15) is 6.04 Å². The number of likely N-dealkylation sites (tertiary alicyclic amines) is 1. The summed E-state index contributed by atoms with van der Waals surface area (Å²) in [5.74, 6) is -0.389. The van der Waals surface area contributed by atoms with Crippen LogP contribution in [0.3, 0.4) is 0 Å². The zero-order valence-electron chi connectivity index (χ0n) is 19.6. The van der Waals surface area contributed by atoms with Crippen LogP contribution in [0.25, 0.3) is 10.9 Å². The third-order valence-electron chi connectivity index (χ3n) is 6.70. The fourth-order valence-electron chi connectivity index (χ4n) is 4.87. The second kappa shape index (κ2) is 10.9. The molecule has 35 heavy (non-hydrogen) atoms. The highest BCUT2D eigenvalue weighted by atomic mass is 32.1. The summed E-state index contributed by atoms with van der Waals surface area (Å²) in [6, 6.07) is 21.4. The third-order valence-corrected chi connectivity index (χ3v) is 7.57.